The molecule has 2 nitrogen and oxygen atoms in total. The second-order valence-corrected chi connectivity index (χ2v) is 5.35. The Morgan fingerprint density at radius 3 is 2.89 bits per heavy atom. The molecule has 1 saturated heterocycles. The normalized spacial score (nSPS) is 25.3. The van der Waals surface area contributed by atoms with Crippen LogP contribution < -0.4 is 5.32 Å². The monoisotopic (exact) mass is 247 g/mol. The van der Waals surface area contributed by atoms with Crippen molar-refractivity contribution in [3.05, 3.63) is 35.4 Å². The van der Waals surface area contributed by atoms with Crippen LogP contribution in [0.15, 0.2) is 24.3 Å². The van der Waals surface area contributed by atoms with Crippen LogP contribution in [0.2, 0.25) is 0 Å². The summed E-state index contributed by atoms with van der Waals surface area (Å²) in [4.78, 5) is 0. The highest BCUT2D eigenvalue weighted by molar-refractivity contribution is 5.28. The van der Waals surface area contributed by atoms with Crippen LogP contribution in [-0.2, 0) is 4.74 Å². The average Bonchev–Trinajstić information content (AvgIpc) is 2.84. The van der Waals surface area contributed by atoms with Gasteiger partial charge in [0.25, 0.3) is 0 Å². The van der Waals surface area contributed by atoms with Crippen LogP contribution in [0.3, 0.4) is 0 Å². The van der Waals surface area contributed by atoms with Crippen molar-refractivity contribution in [2.45, 2.75) is 45.8 Å². The van der Waals surface area contributed by atoms with E-state index in [4.69, 9.17) is 4.74 Å². The second kappa shape index (κ2) is 6.35. The van der Waals surface area contributed by atoms with E-state index in [-0.39, 0.29) is 0 Å². The zero-order valence-corrected chi connectivity index (χ0v) is 11.8. The number of ether oxygens (including phenoxy) is 1. The molecule has 1 aromatic carbocycles. The van der Waals surface area contributed by atoms with Gasteiger partial charge in [0.05, 0.1) is 6.10 Å². The number of nitrogens with one attached hydrogen (secondary N) is 1. The zero-order chi connectivity index (χ0) is 13.0. The molecule has 18 heavy (non-hydrogen) atoms. The van der Waals surface area contributed by atoms with E-state index in [9.17, 15) is 0 Å². The second-order valence-electron chi connectivity index (χ2n) is 5.35. The van der Waals surface area contributed by atoms with Crippen molar-refractivity contribution in [2.75, 3.05) is 13.2 Å². The lowest BCUT2D eigenvalue weighted by Crippen LogP contribution is -2.30. The van der Waals surface area contributed by atoms with E-state index < -0.39 is 0 Å². The summed E-state index contributed by atoms with van der Waals surface area (Å²) in [5.41, 5.74) is 2.77. The summed E-state index contributed by atoms with van der Waals surface area (Å²) in [6.07, 6.45) is 2.79. The molecule has 1 aromatic rings. The van der Waals surface area contributed by atoms with E-state index in [1.807, 2.05) is 0 Å². The van der Waals surface area contributed by atoms with Gasteiger partial charge in [-0.1, -0.05) is 31.2 Å². The Balaban J connectivity index is 1.88. The smallest absolute Gasteiger partial charge is 0.0613 e. The quantitative estimate of drug-likeness (QED) is 0.860. The first-order valence-corrected chi connectivity index (χ1v) is 7.13. The molecule has 1 fully saturated rings. The highest BCUT2D eigenvalue weighted by Gasteiger charge is 2.26. The standard InChI is InChI=1S/C16H25NO/c1-4-16-14(9-10-18-16)11-17-13(3)15-8-6-5-7-12(15)2/h5-8,13-14,16-17H,4,9-11H2,1-3H3. The van der Waals surface area contributed by atoms with Crippen LogP contribution in [0.4, 0.5) is 0 Å². The van der Waals surface area contributed by atoms with Gasteiger partial charge < -0.3 is 10.1 Å². The van der Waals surface area contributed by atoms with Crippen molar-refractivity contribution in [1.82, 2.24) is 5.32 Å². The lowest BCUT2D eigenvalue weighted by Gasteiger charge is -2.22. The summed E-state index contributed by atoms with van der Waals surface area (Å²) in [7, 11) is 0. The van der Waals surface area contributed by atoms with Gasteiger partial charge in [0.1, 0.15) is 0 Å². The summed E-state index contributed by atoms with van der Waals surface area (Å²) in [5.74, 6) is 0.682. The van der Waals surface area contributed by atoms with Crippen molar-refractivity contribution >= 4 is 0 Å². The van der Waals surface area contributed by atoms with Crippen molar-refractivity contribution in [2.24, 2.45) is 5.92 Å². The molecule has 3 atom stereocenters. The predicted octanol–water partition coefficient (Wildman–Crippen LogP) is 3.46. The lowest BCUT2D eigenvalue weighted by molar-refractivity contribution is 0.0867. The van der Waals surface area contributed by atoms with Crippen LogP contribution in [0.5, 0.6) is 0 Å². The molecule has 1 aliphatic rings. The Kier molecular flexibility index (Phi) is 4.79. The fourth-order valence-corrected chi connectivity index (χ4v) is 2.89. The largest absolute Gasteiger partial charge is 0.378 e. The third-order valence-corrected chi connectivity index (χ3v) is 4.09. The number of rotatable bonds is 5. The highest BCUT2D eigenvalue weighted by atomic mass is 16.5. The maximum Gasteiger partial charge on any atom is 0.0613 e. The lowest BCUT2D eigenvalue weighted by atomic mass is 9.98. The van der Waals surface area contributed by atoms with E-state index in [1.165, 1.54) is 17.5 Å². The van der Waals surface area contributed by atoms with Crippen LogP contribution >= 0.6 is 0 Å². The third kappa shape index (κ3) is 3.12. The molecule has 0 aromatic heterocycles. The van der Waals surface area contributed by atoms with Crippen LogP contribution in [0.25, 0.3) is 0 Å². The van der Waals surface area contributed by atoms with Crippen molar-refractivity contribution in [3.8, 4) is 0 Å². The van der Waals surface area contributed by atoms with Crippen molar-refractivity contribution < 1.29 is 4.74 Å². The van der Waals surface area contributed by atoms with Crippen molar-refractivity contribution in [3.63, 3.8) is 0 Å². The van der Waals surface area contributed by atoms with Gasteiger partial charge in [0, 0.05) is 19.2 Å². The van der Waals surface area contributed by atoms with Gasteiger partial charge in [-0.3, -0.25) is 0 Å². The zero-order valence-electron chi connectivity index (χ0n) is 11.8. The summed E-state index contributed by atoms with van der Waals surface area (Å²) < 4.78 is 5.74. The molecule has 2 rings (SSSR count). The molecule has 2 heteroatoms. The third-order valence-electron chi connectivity index (χ3n) is 4.09. The molecule has 0 bridgehead atoms. The highest BCUT2D eigenvalue weighted by Crippen LogP contribution is 2.24. The molecule has 3 unspecified atom stereocenters. The molecule has 1 N–H and O–H groups in total. The Morgan fingerprint density at radius 1 is 1.39 bits per heavy atom. The minimum Gasteiger partial charge on any atom is -0.378 e. The van der Waals surface area contributed by atoms with Gasteiger partial charge >= 0.3 is 0 Å². The summed E-state index contributed by atoms with van der Waals surface area (Å²) in [6, 6.07) is 9.04. The van der Waals surface area contributed by atoms with Crippen LogP contribution in [-0.4, -0.2) is 19.3 Å². The fraction of sp³-hybridized carbons (Fsp3) is 0.625. The number of benzene rings is 1. The predicted molar refractivity (Wildman–Crippen MR) is 75.7 cm³/mol. The molecule has 0 saturated carbocycles. The topological polar surface area (TPSA) is 21.3 Å². The Bertz CT molecular complexity index is 377. The number of hydrogen-bond donors (Lipinski definition) is 1. The molecule has 0 spiro atoms. The summed E-state index contributed by atoms with van der Waals surface area (Å²) in [6.45, 7) is 8.64. The fourth-order valence-electron chi connectivity index (χ4n) is 2.89. The summed E-state index contributed by atoms with van der Waals surface area (Å²) >= 11 is 0. The van der Waals surface area contributed by atoms with Gasteiger partial charge in [-0.2, -0.15) is 0 Å². The van der Waals surface area contributed by atoms with Crippen molar-refractivity contribution in [1.29, 1.82) is 0 Å². The van der Waals surface area contributed by atoms with E-state index in [1.54, 1.807) is 0 Å². The van der Waals surface area contributed by atoms with Crippen LogP contribution in [0, 0.1) is 12.8 Å². The number of aryl methyl sites for hydroxylation is 1. The first-order chi connectivity index (χ1) is 8.72. The first kappa shape index (κ1) is 13.6. The Labute approximate surface area is 111 Å². The van der Waals surface area contributed by atoms with E-state index >= 15 is 0 Å². The van der Waals surface area contributed by atoms with Gasteiger partial charge in [-0.15, -0.1) is 0 Å². The Hall–Kier alpha value is -0.860. The van der Waals surface area contributed by atoms with Gasteiger partial charge in [-0.05, 0) is 43.7 Å². The maximum absolute atomic E-state index is 5.74. The Morgan fingerprint density at radius 2 is 2.17 bits per heavy atom. The first-order valence-electron chi connectivity index (χ1n) is 7.13. The molecule has 0 radical (unpaired) electrons. The molecule has 1 aliphatic heterocycles. The maximum atomic E-state index is 5.74. The molecule has 0 amide bonds. The molecule has 0 aliphatic carbocycles. The minimum atomic E-state index is 0.421. The van der Waals surface area contributed by atoms with Gasteiger partial charge in [0.15, 0.2) is 0 Å². The summed E-state index contributed by atoms with van der Waals surface area (Å²) in [5, 5.41) is 3.67. The van der Waals surface area contributed by atoms with E-state index in [0.29, 0.717) is 18.1 Å². The van der Waals surface area contributed by atoms with Gasteiger partial charge in [0.2, 0.25) is 0 Å². The molecule has 100 valence electrons. The van der Waals surface area contributed by atoms with E-state index in [0.717, 1.165) is 19.6 Å². The molecule has 1 heterocycles. The van der Waals surface area contributed by atoms with Gasteiger partial charge in [-0.25, -0.2) is 0 Å². The SMILES string of the molecule is CCC1OCCC1CNC(C)c1ccccc1C. The minimum absolute atomic E-state index is 0.421. The molecular weight excluding hydrogens is 222 g/mol. The molecular formula is C16H25NO. The average molecular weight is 247 g/mol. The van der Waals surface area contributed by atoms with E-state index in [2.05, 4.69) is 50.4 Å². The number of hydrogen-bond acceptors (Lipinski definition) is 2. The van der Waals surface area contributed by atoms with Crippen LogP contribution in [0.1, 0.15) is 43.9 Å².